The van der Waals surface area contributed by atoms with Crippen LogP contribution in [0.2, 0.25) is 0 Å². The van der Waals surface area contributed by atoms with Crippen molar-refractivity contribution in [1.29, 1.82) is 0 Å². The van der Waals surface area contributed by atoms with Crippen molar-refractivity contribution in [2.75, 3.05) is 0 Å². The fraction of sp³-hybridized carbons (Fsp3) is 0.550. The number of nitrogens with two attached hydrogens (primary N) is 1. The molecule has 2 heterocycles. The Labute approximate surface area is 167 Å². The van der Waals surface area contributed by atoms with E-state index in [1.165, 1.54) is 0 Å². The minimum absolute atomic E-state index is 0.0113. The van der Waals surface area contributed by atoms with Crippen LogP contribution in [-0.4, -0.2) is 33.2 Å². The number of hydrogen-bond donors (Lipinski definition) is 3. The molecule has 1 saturated heterocycles. The average Bonchev–Trinajstić information content (AvgIpc) is 3.13. The van der Waals surface area contributed by atoms with Gasteiger partial charge in [-0.25, -0.2) is 0 Å². The summed E-state index contributed by atoms with van der Waals surface area (Å²) in [5.74, 6) is 0.478. The number of benzene rings is 1. The lowest BCUT2D eigenvalue weighted by Crippen LogP contribution is -2.63. The summed E-state index contributed by atoms with van der Waals surface area (Å²) in [6.45, 7) is 2.08. The molecule has 1 amide bonds. The Bertz CT molecular complexity index is 710. The van der Waals surface area contributed by atoms with Crippen molar-refractivity contribution < 1.29 is 9.90 Å². The standard InChI is InChI=1S/C20H25BrN2O2S/c1-2-14(22)10-3-5-11(6-4-10)16-15(24)9-13(21)18-17(16)12-7-8-26-19(12)20(25)23-18/h3-8,12-19,24H,2,9,22H2,1H3,(H,23,25)/t12?,13?,14-,15?,16?,17?,18?,19?/m1/s1. The van der Waals surface area contributed by atoms with Crippen LogP contribution in [0.3, 0.4) is 0 Å². The lowest BCUT2D eigenvalue weighted by molar-refractivity contribution is -0.126. The SMILES string of the molecule is CC[C@@H](N)c1ccc(C2C(O)CC(Br)C3NC(=O)C4SC=CC4C32)cc1. The number of thioether (sulfide) groups is 1. The van der Waals surface area contributed by atoms with Crippen molar-refractivity contribution in [2.24, 2.45) is 17.6 Å². The van der Waals surface area contributed by atoms with E-state index < -0.39 is 6.10 Å². The number of carbonyl (C=O) groups is 1. The minimum Gasteiger partial charge on any atom is -0.392 e. The molecule has 140 valence electrons. The van der Waals surface area contributed by atoms with Crippen molar-refractivity contribution in [3.63, 3.8) is 0 Å². The molecule has 4 nitrogen and oxygen atoms in total. The Morgan fingerprint density at radius 1 is 1.38 bits per heavy atom. The summed E-state index contributed by atoms with van der Waals surface area (Å²) in [6, 6.07) is 8.49. The van der Waals surface area contributed by atoms with E-state index in [0.29, 0.717) is 6.42 Å². The fourth-order valence-corrected chi connectivity index (χ4v) is 6.74. The summed E-state index contributed by atoms with van der Waals surface area (Å²) in [7, 11) is 0. The Morgan fingerprint density at radius 3 is 2.81 bits per heavy atom. The largest absolute Gasteiger partial charge is 0.392 e. The number of nitrogens with one attached hydrogen (secondary N) is 1. The van der Waals surface area contributed by atoms with Gasteiger partial charge in [0.05, 0.1) is 11.4 Å². The first-order chi connectivity index (χ1) is 12.5. The van der Waals surface area contributed by atoms with Gasteiger partial charge >= 0.3 is 0 Å². The maximum absolute atomic E-state index is 12.5. The number of aliphatic hydroxyl groups excluding tert-OH is 1. The molecule has 3 aliphatic rings. The van der Waals surface area contributed by atoms with E-state index in [4.69, 9.17) is 5.73 Å². The number of piperidine rings is 1. The van der Waals surface area contributed by atoms with Crippen LogP contribution in [-0.2, 0) is 4.79 Å². The lowest BCUT2D eigenvalue weighted by Gasteiger charge is -2.50. The van der Waals surface area contributed by atoms with Gasteiger partial charge in [0.25, 0.3) is 0 Å². The third kappa shape index (κ3) is 3.05. The molecule has 4 N–H and O–H groups in total. The quantitative estimate of drug-likeness (QED) is 0.636. The average molecular weight is 437 g/mol. The van der Waals surface area contributed by atoms with Crippen LogP contribution in [0.25, 0.3) is 0 Å². The van der Waals surface area contributed by atoms with E-state index in [1.54, 1.807) is 11.8 Å². The van der Waals surface area contributed by atoms with Crippen LogP contribution < -0.4 is 11.1 Å². The van der Waals surface area contributed by atoms with Gasteiger partial charge in [0.1, 0.15) is 0 Å². The zero-order valence-corrected chi connectivity index (χ0v) is 17.1. The molecule has 0 aromatic heterocycles. The lowest BCUT2D eigenvalue weighted by atomic mass is 9.63. The van der Waals surface area contributed by atoms with Gasteiger partial charge in [-0.3, -0.25) is 4.79 Å². The maximum atomic E-state index is 12.5. The molecule has 1 saturated carbocycles. The molecule has 26 heavy (non-hydrogen) atoms. The third-order valence-electron chi connectivity index (χ3n) is 6.18. The Kier molecular flexibility index (Phi) is 5.21. The number of allylic oxidation sites excluding steroid dienone is 1. The maximum Gasteiger partial charge on any atom is 0.234 e. The molecule has 6 heteroatoms. The first-order valence-corrected chi connectivity index (χ1v) is 11.2. The molecule has 2 aliphatic heterocycles. The van der Waals surface area contributed by atoms with E-state index in [2.05, 4.69) is 58.5 Å². The van der Waals surface area contributed by atoms with Gasteiger partial charge in [-0.2, -0.15) is 0 Å². The van der Waals surface area contributed by atoms with E-state index in [9.17, 15) is 9.90 Å². The molecular weight excluding hydrogens is 412 g/mol. The van der Waals surface area contributed by atoms with Gasteiger partial charge in [-0.15, -0.1) is 11.8 Å². The monoisotopic (exact) mass is 436 g/mol. The molecule has 0 radical (unpaired) electrons. The van der Waals surface area contributed by atoms with Crippen LogP contribution >= 0.6 is 27.7 Å². The van der Waals surface area contributed by atoms with Gasteiger partial charge in [0, 0.05) is 28.7 Å². The number of carbonyl (C=O) groups excluding carboxylic acids is 1. The molecule has 1 aromatic carbocycles. The van der Waals surface area contributed by atoms with Crippen LogP contribution in [0.5, 0.6) is 0 Å². The fourth-order valence-electron chi connectivity index (χ4n) is 4.78. The predicted octanol–water partition coefficient (Wildman–Crippen LogP) is 3.07. The summed E-state index contributed by atoms with van der Waals surface area (Å²) in [5.41, 5.74) is 8.41. The van der Waals surface area contributed by atoms with Crippen molar-refractivity contribution in [3.8, 4) is 0 Å². The summed E-state index contributed by atoms with van der Waals surface area (Å²) in [5, 5.41) is 16.1. The Hall–Kier alpha value is -0.820. The van der Waals surface area contributed by atoms with E-state index in [-0.39, 0.29) is 45.8 Å². The Morgan fingerprint density at radius 2 is 2.12 bits per heavy atom. The van der Waals surface area contributed by atoms with Gasteiger partial charge in [-0.05, 0) is 35.3 Å². The molecule has 1 aromatic rings. The van der Waals surface area contributed by atoms with E-state index in [1.807, 2.05) is 5.41 Å². The number of amides is 1. The van der Waals surface area contributed by atoms with Crippen LogP contribution in [0.4, 0.5) is 0 Å². The summed E-state index contributed by atoms with van der Waals surface area (Å²) in [6.07, 6.45) is 3.27. The number of hydrogen-bond acceptors (Lipinski definition) is 4. The zero-order chi connectivity index (χ0) is 18.4. The molecule has 4 rings (SSSR count). The Balaban J connectivity index is 1.69. The van der Waals surface area contributed by atoms with E-state index in [0.717, 1.165) is 17.5 Å². The number of halogens is 1. The number of alkyl halides is 1. The second kappa shape index (κ2) is 7.30. The smallest absolute Gasteiger partial charge is 0.234 e. The number of rotatable bonds is 3. The highest BCUT2D eigenvalue weighted by Crippen LogP contribution is 2.51. The van der Waals surface area contributed by atoms with Crippen molar-refractivity contribution in [1.82, 2.24) is 5.32 Å². The molecule has 8 atom stereocenters. The summed E-state index contributed by atoms with van der Waals surface area (Å²) < 4.78 is 0. The third-order valence-corrected chi connectivity index (χ3v) is 8.26. The summed E-state index contributed by atoms with van der Waals surface area (Å²) >= 11 is 5.31. The van der Waals surface area contributed by atoms with Crippen LogP contribution in [0, 0.1) is 11.8 Å². The molecule has 2 fully saturated rings. The number of fused-ring (bicyclic) bond motifs is 3. The van der Waals surface area contributed by atoms with Crippen molar-refractivity contribution in [3.05, 3.63) is 46.9 Å². The summed E-state index contributed by atoms with van der Waals surface area (Å²) in [4.78, 5) is 12.6. The first kappa shape index (κ1) is 18.5. The second-order valence-electron chi connectivity index (χ2n) is 7.60. The second-order valence-corrected chi connectivity index (χ2v) is 9.83. The van der Waals surface area contributed by atoms with Gasteiger partial charge in [0.15, 0.2) is 0 Å². The predicted molar refractivity (Wildman–Crippen MR) is 109 cm³/mol. The normalized spacial score (nSPS) is 39.8. The van der Waals surface area contributed by atoms with Gasteiger partial charge in [-0.1, -0.05) is 53.2 Å². The highest BCUT2D eigenvalue weighted by atomic mass is 79.9. The zero-order valence-electron chi connectivity index (χ0n) is 14.7. The molecule has 0 spiro atoms. The van der Waals surface area contributed by atoms with Gasteiger partial charge < -0.3 is 16.2 Å². The molecular formula is C20H25BrN2O2S. The molecule has 7 unspecified atom stereocenters. The highest BCUT2D eigenvalue weighted by Gasteiger charge is 2.54. The topological polar surface area (TPSA) is 75.3 Å². The molecule has 1 aliphatic carbocycles. The minimum atomic E-state index is -0.430. The highest BCUT2D eigenvalue weighted by molar-refractivity contribution is 9.09. The van der Waals surface area contributed by atoms with Crippen LogP contribution in [0.1, 0.15) is 42.9 Å². The molecule has 0 bridgehead atoms. The van der Waals surface area contributed by atoms with Crippen molar-refractivity contribution in [2.45, 2.75) is 53.9 Å². The van der Waals surface area contributed by atoms with Crippen LogP contribution in [0.15, 0.2) is 35.7 Å². The first-order valence-electron chi connectivity index (χ1n) is 9.31. The van der Waals surface area contributed by atoms with E-state index >= 15 is 0 Å². The number of aliphatic hydroxyl groups is 1. The van der Waals surface area contributed by atoms with Crippen molar-refractivity contribution >= 4 is 33.6 Å². The van der Waals surface area contributed by atoms with Gasteiger partial charge in [0.2, 0.25) is 5.91 Å².